The van der Waals surface area contributed by atoms with E-state index in [-0.39, 0.29) is 5.91 Å². The number of aryl methyl sites for hydroxylation is 1. The summed E-state index contributed by atoms with van der Waals surface area (Å²) < 4.78 is 1.79. The molecular formula is C17H22Cl2N4O. The molecule has 0 bridgehead atoms. The number of halogens is 2. The summed E-state index contributed by atoms with van der Waals surface area (Å²) in [6.45, 7) is 5.14. The molecule has 2 rings (SSSR count). The summed E-state index contributed by atoms with van der Waals surface area (Å²) in [4.78, 5) is 12.1. The Kier molecular flexibility index (Phi) is 6.66. The Bertz CT molecular complexity index is 728. The maximum absolute atomic E-state index is 12.1. The molecule has 0 spiro atoms. The van der Waals surface area contributed by atoms with Gasteiger partial charge in [0.1, 0.15) is 0 Å². The largest absolute Gasteiger partial charge is 0.356 e. The van der Waals surface area contributed by atoms with E-state index in [0.29, 0.717) is 29.6 Å². The van der Waals surface area contributed by atoms with Crippen LogP contribution >= 0.6 is 23.2 Å². The van der Waals surface area contributed by atoms with Crippen molar-refractivity contribution in [2.45, 2.75) is 33.1 Å². The van der Waals surface area contributed by atoms with E-state index in [0.717, 1.165) is 35.5 Å². The zero-order valence-electron chi connectivity index (χ0n) is 13.9. The molecular weight excluding hydrogens is 347 g/mol. The number of benzene rings is 1. The molecule has 0 unspecified atom stereocenters. The number of hydrogen-bond acceptors (Lipinski definition) is 3. The SMILES string of the molecule is Cc1nn(-c2ccc(Cl)c(Cl)c2)c(C)c1CC(=O)NCCCCN. The van der Waals surface area contributed by atoms with Gasteiger partial charge in [0.2, 0.25) is 5.91 Å². The number of nitrogens with one attached hydrogen (secondary N) is 1. The minimum absolute atomic E-state index is 0.00749. The van der Waals surface area contributed by atoms with E-state index in [1.807, 2.05) is 19.9 Å². The third-order valence-corrected chi connectivity index (χ3v) is 4.62. The lowest BCUT2D eigenvalue weighted by molar-refractivity contribution is -0.120. The third-order valence-electron chi connectivity index (χ3n) is 3.88. The molecule has 0 saturated carbocycles. The first-order chi connectivity index (χ1) is 11.4. The monoisotopic (exact) mass is 368 g/mol. The Morgan fingerprint density at radius 2 is 2.00 bits per heavy atom. The van der Waals surface area contributed by atoms with E-state index in [1.54, 1.807) is 16.8 Å². The van der Waals surface area contributed by atoms with Crippen molar-refractivity contribution in [2.75, 3.05) is 13.1 Å². The summed E-state index contributed by atoms with van der Waals surface area (Å²) in [5, 5.41) is 8.42. The molecule has 24 heavy (non-hydrogen) atoms. The van der Waals surface area contributed by atoms with Gasteiger partial charge in [0, 0.05) is 17.8 Å². The van der Waals surface area contributed by atoms with Crippen LogP contribution in [0.15, 0.2) is 18.2 Å². The molecule has 5 nitrogen and oxygen atoms in total. The number of nitrogens with zero attached hydrogens (tertiary/aromatic N) is 2. The highest BCUT2D eigenvalue weighted by molar-refractivity contribution is 6.42. The molecule has 0 radical (unpaired) electrons. The summed E-state index contributed by atoms with van der Waals surface area (Å²) in [6.07, 6.45) is 2.11. The lowest BCUT2D eigenvalue weighted by atomic mass is 10.1. The van der Waals surface area contributed by atoms with E-state index >= 15 is 0 Å². The predicted molar refractivity (Wildman–Crippen MR) is 98.1 cm³/mol. The van der Waals surface area contributed by atoms with Gasteiger partial charge in [0.25, 0.3) is 0 Å². The maximum atomic E-state index is 12.1. The summed E-state index contributed by atoms with van der Waals surface area (Å²) in [5.41, 5.74) is 8.94. The van der Waals surface area contributed by atoms with Gasteiger partial charge in [-0.1, -0.05) is 23.2 Å². The fraction of sp³-hybridized carbons (Fsp3) is 0.412. The van der Waals surface area contributed by atoms with Gasteiger partial charge in [0.05, 0.1) is 27.8 Å². The topological polar surface area (TPSA) is 72.9 Å². The summed E-state index contributed by atoms with van der Waals surface area (Å²) >= 11 is 12.0. The van der Waals surface area contributed by atoms with Crippen molar-refractivity contribution in [1.82, 2.24) is 15.1 Å². The minimum atomic E-state index is -0.00749. The van der Waals surface area contributed by atoms with E-state index < -0.39 is 0 Å². The standard InChI is InChI=1S/C17H22Cl2N4O/c1-11-14(10-17(24)21-8-4-3-7-20)12(2)23(22-11)13-5-6-15(18)16(19)9-13/h5-6,9H,3-4,7-8,10,20H2,1-2H3,(H,21,24). The average molecular weight is 369 g/mol. The zero-order valence-corrected chi connectivity index (χ0v) is 15.4. The molecule has 0 aliphatic heterocycles. The Balaban J connectivity index is 2.14. The van der Waals surface area contributed by atoms with E-state index in [9.17, 15) is 4.79 Å². The highest BCUT2D eigenvalue weighted by atomic mass is 35.5. The van der Waals surface area contributed by atoms with Gasteiger partial charge in [-0.05, 0) is 51.4 Å². The molecule has 1 amide bonds. The maximum Gasteiger partial charge on any atom is 0.224 e. The third kappa shape index (κ3) is 4.50. The number of carbonyl (C=O) groups is 1. The van der Waals surface area contributed by atoms with Gasteiger partial charge in [-0.3, -0.25) is 4.79 Å². The number of nitrogens with two attached hydrogens (primary N) is 1. The Morgan fingerprint density at radius 1 is 1.25 bits per heavy atom. The first-order valence-electron chi connectivity index (χ1n) is 7.91. The fourth-order valence-corrected chi connectivity index (χ4v) is 2.81. The number of unbranched alkanes of at least 4 members (excludes halogenated alkanes) is 1. The Morgan fingerprint density at radius 3 is 2.67 bits per heavy atom. The molecule has 3 N–H and O–H groups in total. The van der Waals surface area contributed by atoms with Crippen molar-refractivity contribution in [1.29, 1.82) is 0 Å². The number of hydrogen-bond donors (Lipinski definition) is 2. The van der Waals surface area contributed by atoms with Crippen LogP contribution in [0.1, 0.15) is 29.8 Å². The van der Waals surface area contributed by atoms with Crippen LogP contribution in [0.2, 0.25) is 10.0 Å². The van der Waals surface area contributed by atoms with Gasteiger partial charge in [-0.15, -0.1) is 0 Å². The van der Waals surface area contributed by atoms with Crippen LogP contribution in [0.5, 0.6) is 0 Å². The molecule has 0 atom stereocenters. The first kappa shape index (κ1) is 18.8. The lowest BCUT2D eigenvalue weighted by Gasteiger charge is -2.07. The van der Waals surface area contributed by atoms with Crippen molar-refractivity contribution in [3.63, 3.8) is 0 Å². The van der Waals surface area contributed by atoms with Crippen molar-refractivity contribution >= 4 is 29.1 Å². The Hall–Kier alpha value is -1.56. The molecule has 0 aliphatic rings. The Labute approximate surface area is 152 Å². The van der Waals surface area contributed by atoms with Gasteiger partial charge in [-0.25, -0.2) is 4.68 Å². The second-order valence-corrected chi connectivity index (χ2v) is 6.50. The van der Waals surface area contributed by atoms with Crippen LogP contribution in [-0.2, 0) is 11.2 Å². The number of amides is 1. The smallest absolute Gasteiger partial charge is 0.224 e. The minimum Gasteiger partial charge on any atom is -0.356 e. The summed E-state index contributed by atoms with van der Waals surface area (Å²) in [7, 11) is 0. The lowest BCUT2D eigenvalue weighted by Crippen LogP contribution is -2.26. The van der Waals surface area contributed by atoms with Crippen LogP contribution in [-0.4, -0.2) is 28.8 Å². The van der Waals surface area contributed by atoms with Crippen molar-refractivity contribution in [2.24, 2.45) is 5.73 Å². The second-order valence-electron chi connectivity index (χ2n) is 5.68. The highest BCUT2D eigenvalue weighted by Gasteiger charge is 2.16. The summed E-state index contributed by atoms with van der Waals surface area (Å²) in [5.74, 6) is -0.00749. The molecule has 0 saturated heterocycles. The average Bonchev–Trinajstić information content (AvgIpc) is 2.82. The quantitative estimate of drug-likeness (QED) is 0.737. The molecule has 2 aromatic rings. The molecule has 1 heterocycles. The van der Waals surface area contributed by atoms with Crippen molar-refractivity contribution in [3.05, 3.63) is 45.2 Å². The van der Waals surface area contributed by atoms with Gasteiger partial charge < -0.3 is 11.1 Å². The highest BCUT2D eigenvalue weighted by Crippen LogP contribution is 2.26. The van der Waals surface area contributed by atoms with Crippen molar-refractivity contribution < 1.29 is 4.79 Å². The van der Waals surface area contributed by atoms with Crippen LogP contribution < -0.4 is 11.1 Å². The molecule has 7 heteroatoms. The van der Waals surface area contributed by atoms with E-state index in [2.05, 4.69) is 10.4 Å². The van der Waals surface area contributed by atoms with Gasteiger partial charge in [0.15, 0.2) is 0 Å². The van der Waals surface area contributed by atoms with Crippen LogP contribution in [0.25, 0.3) is 5.69 Å². The summed E-state index contributed by atoms with van der Waals surface area (Å²) in [6, 6.07) is 5.35. The predicted octanol–water partition coefficient (Wildman–Crippen LogP) is 3.19. The first-order valence-corrected chi connectivity index (χ1v) is 8.67. The molecule has 130 valence electrons. The fourth-order valence-electron chi connectivity index (χ4n) is 2.52. The van der Waals surface area contributed by atoms with E-state index in [1.165, 1.54) is 0 Å². The van der Waals surface area contributed by atoms with E-state index in [4.69, 9.17) is 28.9 Å². The number of rotatable bonds is 7. The number of carbonyl (C=O) groups excluding carboxylic acids is 1. The molecule has 0 aliphatic carbocycles. The molecule has 1 aromatic heterocycles. The molecule has 0 fully saturated rings. The van der Waals surface area contributed by atoms with Crippen LogP contribution in [0, 0.1) is 13.8 Å². The van der Waals surface area contributed by atoms with Crippen molar-refractivity contribution in [3.8, 4) is 5.69 Å². The van der Waals surface area contributed by atoms with Crippen LogP contribution in [0.4, 0.5) is 0 Å². The normalized spacial score (nSPS) is 10.9. The van der Waals surface area contributed by atoms with Gasteiger partial charge >= 0.3 is 0 Å². The van der Waals surface area contributed by atoms with Crippen LogP contribution in [0.3, 0.4) is 0 Å². The zero-order chi connectivity index (χ0) is 17.7. The number of aromatic nitrogens is 2. The second kappa shape index (κ2) is 8.51. The van der Waals surface area contributed by atoms with Gasteiger partial charge in [-0.2, -0.15) is 5.10 Å². The molecule has 1 aromatic carbocycles.